The first kappa shape index (κ1) is 17.0. The van der Waals surface area contributed by atoms with Crippen molar-refractivity contribution in [2.75, 3.05) is 6.26 Å². The first-order valence-corrected chi connectivity index (χ1v) is 8.89. The molecule has 6 heteroatoms. The summed E-state index contributed by atoms with van der Waals surface area (Å²) < 4.78 is 11.3. The van der Waals surface area contributed by atoms with Crippen molar-refractivity contribution in [2.24, 2.45) is 0 Å². The smallest absolute Gasteiger partial charge is 0.251 e. The molecule has 0 saturated heterocycles. The van der Waals surface area contributed by atoms with Gasteiger partial charge in [0.2, 0.25) is 0 Å². The molecule has 22 heavy (non-hydrogen) atoms. The van der Waals surface area contributed by atoms with E-state index in [-0.39, 0.29) is 11.9 Å². The maximum Gasteiger partial charge on any atom is 0.251 e. The largest absolute Gasteiger partial charge is 0.345 e. The lowest BCUT2D eigenvalue weighted by atomic mass is 10.1. The molecule has 3 nitrogen and oxygen atoms in total. The third-order valence-corrected chi connectivity index (χ3v) is 4.72. The Balaban J connectivity index is 2.12. The fourth-order valence-electron chi connectivity index (χ4n) is 2.01. The van der Waals surface area contributed by atoms with Crippen LogP contribution in [0.1, 0.15) is 28.9 Å². The summed E-state index contributed by atoms with van der Waals surface area (Å²) in [7, 11) is -1.06. The van der Waals surface area contributed by atoms with Crippen molar-refractivity contribution >= 4 is 39.9 Å². The third-order valence-electron chi connectivity index (χ3n) is 3.23. The van der Waals surface area contributed by atoms with E-state index in [0.717, 1.165) is 5.56 Å². The molecule has 1 N–H and O–H groups in total. The van der Waals surface area contributed by atoms with Gasteiger partial charge in [0.1, 0.15) is 0 Å². The number of hydrogen-bond donors (Lipinski definition) is 1. The van der Waals surface area contributed by atoms with Crippen molar-refractivity contribution < 1.29 is 9.00 Å². The van der Waals surface area contributed by atoms with Crippen LogP contribution < -0.4 is 5.32 Å². The summed E-state index contributed by atoms with van der Waals surface area (Å²) >= 11 is 12.0. The Kier molecular flexibility index (Phi) is 5.62. The third kappa shape index (κ3) is 4.09. The van der Waals surface area contributed by atoms with Gasteiger partial charge in [-0.05, 0) is 48.9 Å². The number of nitrogens with one attached hydrogen (secondary N) is 1. The highest BCUT2D eigenvalue weighted by Gasteiger charge is 2.14. The van der Waals surface area contributed by atoms with Gasteiger partial charge < -0.3 is 5.32 Å². The minimum Gasteiger partial charge on any atom is -0.345 e. The van der Waals surface area contributed by atoms with E-state index in [0.29, 0.717) is 20.5 Å². The van der Waals surface area contributed by atoms with Crippen molar-refractivity contribution in [3.05, 3.63) is 63.6 Å². The monoisotopic (exact) mass is 355 g/mol. The van der Waals surface area contributed by atoms with Crippen molar-refractivity contribution in [1.29, 1.82) is 0 Å². The van der Waals surface area contributed by atoms with E-state index in [1.807, 2.05) is 6.92 Å². The van der Waals surface area contributed by atoms with E-state index in [1.165, 1.54) is 0 Å². The van der Waals surface area contributed by atoms with Gasteiger partial charge in [-0.1, -0.05) is 29.3 Å². The van der Waals surface area contributed by atoms with Crippen molar-refractivity contribution in [2.45, 2.75) is 17.9 Å². The molecule has 0 fully saturated rings. The van der Waals surface area contributed by atoms with Gasteiger partial charge in [-0.3, -0.25) is 9.00 Å². The number of amides is 1. The zero-order valence-corrected chi connectivity index (χ0v) is 14.4. The first-order chi connectivity index (χ1) is 10.4. The maximum atomic E-state index is 12.2. The summed E-state index contributed by atoms with van der Waals surface area (Å²) in [6.45, 7) is 1.85. The van der Waals surface area contributed by atoms with Gasteiger partial charge in [0, 0.05) is 37.6 Å². The molecule has 0 aliphatic carbocycles. The predicted octanol–water partition coefficient (Wildman–Crippen LogP) is 4.22. The molecule has 2 unspecified atom stereocenters. The van der Waals surface area contributed by atoms with E-state index in [9.17, 15) is 9.00 Å². The topological polar surface area (TPSA) is 46.2 Å². The average molecular weight is 356 g/mol. The van der Waals surface area contributed by atoms with Gasteiger partial charge in [-0.2, -0.15) is 0 Å². The summed E-state index contributed by atoms with van der Waals surface area (Å²) in [5, 5.41) is 3.94. The fourth-order valence-corrected chi connectivity index (χ4v) is 3.10. The van der Waals surface area contributed by atoms with E-state index in [2.05, 4.69) is 5.32 Å². The van der Waals surface area contributed by atoms with E-state index < -0.39 is 10.8 Å². The molecule has 0 spiro atoms. The first-order valence-electron chi connectivity index (χ1n) is 6.58. The highest BCUT2D eigenvalue weighted by molar-refractivity contribution is 7.84. The Morgan fingerprint density at radius 2 is 1.77 bits per heavy atom. The van der Waals surface area contributed by atoms with Crippen LogP contribution >= 0.6 is 23.2 Å². The molecular weight excluding hydrogens is 341 g/mol. The lowest BCUT2D eigenvalue weighted by molar-refractivity contribution is 0.0940. The standard InChI is InChI=1S/C16H15Cl2NO2S/c1-10(14-8-5-12(17)9-15(14)18)19-16(20)11-3-6-13(7-4-11)22(2)21/h3-10H,1-2H3,(H,19,20). The molecule has 0 aliphatic rings. The number of benzene rings is 2. The molecule has 0 heterocycles. The van der Waals surface area contributed by atoms with Crippen LogP contribution in [0.2, 0.25) is 10.0 Å². The van der Waals surface area contributed by atoms with Gasteiger partial charge in [-0.25, -0.2) is 0 Å². The van der Waals surface area contributed by atoms with Crippen LogP contribution in [0.4, 0.5) is 0 Å². The molecule has 0 aromatic heterocycles. The molecule has 2 aromatic rings. The van der Waals surface area contributed by atoms with Gasteiger partial charge in [-0.15, -0.1) is 0 Å². The predicted molar refractivity (Wildman–Crippen MR) is 91.1 cm³/mol. The normalized spacial score (nSPS) is 13.5. The van der Waals surface area contributed by atoms with Gasteiger partial charge >= 0.3 is 0 Å². The van der Waals surface area contributed by atoms with Gasteiger partial charge in [0.05, 0.1) is 6.04 Å². The van der Waals surface area contributed by atoms with E-state index >= 15 is 0 Å². The number of halogens is 2. The molecule has 0 aliphatic heterocycles. The molecule has 0 saturated carbocycles. The second kappa shape index (κ2) is 7.27. The zero-order valence-electron chi connectivity index (χ0n) is 12.1. The van der Waals surface area contributed by atoms with Crippen molar-refractivity contribution in [3.8, 4) is 0 Å². The molecule has 0 radical (unpaired) electrons. The number of carbonyl (C=O) groups excluding carboxylic acids is 1. The maximum absolute atomic E-state index is 12.2. The van der Waals surface area contributed by atoms with E-state index in [4.69, 9.17) is 23.2 Å². The molecular formula is C16H15Cl2NO2S. The van der Waals surface area contributed by atoms with Crippen LogP contribution in [0.5, 0.6) is 0 Å². The summed E-state index contributed by atoms with van der Waals surface area (Å²) in [6, 6.07) is 11.6. The van der Waals surface area contributed by atoms with Crippen LogP contribution in [0.3, 0.4) is 0 Å². The van der Waals surface area contributed by atoms with Crippen LogP contribution in [0.15, 0.2) is 47.4 Å². The van der Waals surface area contributed by atoms with Crippen molar-refractivity contribution in [1.82, 2.24) is 5.32 Å². The summed E-state index contributed by atoms with van der Waals surface area (Å²) in [6.07, 6.45) is 1.60. The average Bonchev–Trinajstić information content (AvgIpc) is 2.47. The Bertz CT molecular complexity index is 717. The Morgan fingerprint density at radius 1 is 1.14 bits per heavy atom. The fraction of sp³-hybridized carbons (Fsp3) is 0.188. The van der Waals surface area contributed by atoms with Crippen LogP contribution in [0.25, 0.3) is 0 Å². The van der Waals surface area contributed by atoms with Crippen LogP contribution in [-0.4, -0.2) is 16.4 Å². The zero-order chi connectivity index (χ0) is 16.3. The molecule has 1 amide bonds. The second-order valence-corrected chi connectivity index (χ2v) is 7.06. The lowest BCUT2D eigenvalue weighted by Crippen LogP contribution is -2.26. The molecule has 2 atom stereocenters. The van der Waals surface area contributed by atoms with Gasteiger partial charge in [0.25, 0.3) is 5.91 Å². The Hall–Kier alpha value is -1.36. The lowest BCUT2D eigenvalue weighted by Gasteiger charge is -2.16. The number of hydrogen-bond acceptors (Lipinski definition) is 2. The Morgan fingerprint density at radius 3 is 2.32 bits per heavy atom. The summed E-state index contributed by atoms with van der Waals surface area (Å²) in [4.78, 5) is 12.9. The minimum atomic E-state index is -1.06. The molecule has 2 rings (SSSR count). The second-order valence-electron chi connectivity index (χ2n) is 4.84. The minimum absolute atomic E-state index is 0.216. The molecule has 2 aromatic carbocycles. The summed E-state index contributed by atoms with van der Waals surface area (Å²) in [5.41, 5.74) is 1.30. The summed E-state index contributed by atoms with van der Waals surface area (Å²) in [5.74, 6) is -0.216. The van der Waals surface area contributed by atoms with Crippen LogP contribution in [-0.2, 0) is 10.8 Å². The quantitative estimate of drug-likeness (QED) is 0.892. The van der Waals surface area contributed by atoms with E-state index in [1.54, 1.807) is 48.7 Å². The Labute approximate surface area is 142 Å². The highest BCUT2D eigenvalue weighted by Crippen LogP contribution is 2.26. The van der Waals surface area contributed by atoms with Crippen molar-refractivity contribution in [3.63, 3.8) is 0 Å². The number of rotatable bonds is 4. The molecule has 0 bridgehead atoms. The van der Waals surface area contributed by atoms with Crippen LogP contribution in [0, 0.1) is 0 Å². The number of carbonyl (C=O) groups is 1. The molecule has 116 valence electrons. The highest BCUT2D eigenvalue weighted by atomic mass is 35.5. The van der Waals surface area contributed by atoms with Gasteiger partial charge in [0.15, 0.2) is 0 Å². The SMILES string of the molecule is CC(NC(=O)c1ccc(S(C)=O)cc1)c1ccc(Cl)cc1Cl.